The van der Waals surface area contributed by atoms with Crippen LogP contribution >= 0.6 is 0 Å². The summed E-state index contributed by atoms with van der Waals surface area (Å²) in [6, 6.07) is 0.172. The van der Waals surface area contributed by atoms with Gasteiger partial charge < -0.3 is 15.7 Å². The van der Waals surface area contributed by atoms with Crippen molar-refractivity contribution in [2.45, 2.75) is 19.4 Å². The Labute approximate surface area is 66.0 Å². The summed E-state index contributed by atoms with van der Waals surface area (Å²) in [5.41, 5.74) is 5.72. The highest BCUT2D eigenvalue weighted by Crippen LogP contribution is 2.14. The lowest BCUT2D eigenvalue weighted by Gasteiger charge is -2.33. The second kappa shape index (κ2) is 3.09. The molecule has 0 aromatic carbocycles. The smallest absolute Gasteiger partial charge is 0.407 e. The van der Waals surface area contributed by atoms with Gasteiger partial charge in [0.2, 0.25) is 0 Å². The Balaban J connectivity index is 2.46. The highest BCUT2D eigenvalue weighted by molar-refractivity contribution is 5.65. The fourth-order valence-electron chi connectivity index (χ4n) is 1.34. The van der Waals surface area contributed by atoms with Crippen LogP contribution in [0.4, 0.5) is 4.79 Å². The Morgan fingerprint density at radius 3 is 2.82 bits per heavy atom. The summed E-state index contributed by atoms with van der Waals surface area (Å²) in [6.45, 7) is 3.15. The molecule has 11 heavy (non-hydrogen) atoms. The first-order valence-corrected chi connectivity index (χ1v) is 3.84. The molecule has 0 spiro atoms. The summed E-state index contributed by atoms with van der Waals surface area (Å²) in [4.78, 5) is 11.9. The van der Waals surface area contributed by atoms with E-state index < -0.39 is 6.09 Å². The van der Waals surface area contributed by atoms with E-state index in [4.69, 9.17) is 10.8 Å². The van der Waals surface area contributed by atoms with Gasteiger partial charge in [-0.1, -0.05) is 6.92 Å². The molecule has 1 fully saturated rings. The summed E-state index contributed by atoms with van der Waals surface area (Å²) < 4.78 is 0. The first-order valence-electron chi connectivity index (χ1n) is 3.84. The molecular formula is C7H14N2O2. The number of piperidine rings is 1. The van der Waals surface area contributed by atoms with E-state index in [1.165, 1.54) is 4.90 Å². The van der Waals surface area contributed by atoms with Gasteiger partial charge in [-0.15, -0.1) is 0 Å². The molecule has 3 N–H and O–H groups in total. The van der Waals surface area contributed by atoms with Crippen molar-refractivity contribution in [3.63, 3.8) is 0 Å². The average molecular weight is 158 g/mol. The van der Waals surface area contributed by atoms with E-state index in [-0.39, 0.29) is 6.04 Å². The summed E-state index contributed by atoms with van der Waals surface area (Å²) in [5.74, 6) is 0.292. The molecule has 2 atom stereocenters. The Kier molecular flexibility index (Phi) is 2.34. The molecule has 1 heterocycles. The molecule has 1 rings (SSSR count). The maximum Gasteiger partial charge on any atom is 0.407 e. The lowest BCUT2D eigenvalue weighted by Crippen LogP contribution is -2.47. The predicted molar refractivity (Wildman–Crippen MR) is 41.4 cm³/mol. The first-order chi connectivity index (χ1) is 5.11. The Hall–Kier alpha value is -0.770. The van der Waals surface area contributed by atoms with Crippen LogP contribution in [0.5, 0.6) is 0 Å². The van der Waals surface area contributed by atoms with Gasteiger partial charge >= 0.3 is 6.09 Å². The van der Waals surface area contributed by atoms with Crippen molar-refractivity contribution in [1.82, 2.24) is 4.90 Å². The minimum absolute atomic E-state index is 0.172. The van der Waals surface area contributed by atoms with E-state index >= 15 is 0 Å². The number of carbonyl (C=O) groups is 1. The van der Waals surface area contributed by atoms with Crippen molar-refractivity contribution in [3.8, 4) is 0 Å². The van der Waals surface area contributed by atoms with Crippen molar-refractivity contribution < 1.29 is 9.90 Å². The minimum atomic E-state index is -0.830. The average Bonchev–Trinajstić information content (AvgIpc) is 1.94. The van der Waals surface area contributed by atoms with Crippen molar-refractivity contribution in [2.75, 3.05) is 13.1 Å². The largest absolute Gasteiger partial charge is 0.465 e. The molecule has 0 bridgehead atoms. The van der Waals surface area contributed by atoms with Crippen LogP contribution in [-0.2, 0) is 0 Å². The number of nitrogens with zero attached hydrogens (tertiary/aromatic N) is 1. The molecule has 1 aliphatic heterocycles. The molecule has 4 heteroatoms. The lowest BCUT2D eigenvalue weighted by molar-refractivity contribution is 0.117. The highest BCUT2D eigenvalue weighted by atomic mass is 16.4. The summed E-state index contributed by atoms with van der Waals surface area (Å²) >= 11 is 0. The molecule has 1 aliphatic rings. The molecule has 4 nitrogen and oxygen atoms in total. The molecule has 1 amide bonds. The third-order valence-electron chi connectivity index (χ3n) is 2.24. The fraction of sp³-hybridized carbons (Fsp3) is 0.857. The monoisotopic (exact) mass is 158 g/mol. The molecule has 0 unspecified atom stereocenters. The van der Waals surface area contributed by atoms with E-state index in [9.17, 15) is 4.79 Å². The first kappa shape index (κ1) is 8.33. The van der Waals surface area contributed by atoms with Crippen molar-refractivity contribution in [3.05, 3.63) is 0 Å². The molecule has 0 aromatic heterocycles. The van der Waals surface area contributed by atoms with Crippen LogP contribution in [0.1, 0.15) is 13.3 Å². The van der Waals surface area contributed by atoms with E-state index in [0.29, 0.717) is 19.0 Å². The lowest BCUT2D eigenvalue weighted by atomic mass is 9.95. The number of nitrogens with two attached hydrogens (primary N) is 1. The number of hydrogen-bond donors (Lipinski definition) is 2. The van der Waals surface area contributed by atoms with Gasteiger partial charge in [-0.3, -0.25) is 0 Å². The zero-order valence-electron chi connectivity index (χ0n) is 6.66. The molecule has 0 aromatic rings. The van der Waals surface area contributed by atoms with Gasteiger partial charge in [-0.2, -0.15) is 0 Å². The van der Waals surface area contributed by atoms with E-state index in [1.54, 1.807) is 0 Å². The Morgan fingerprint density at radius 2 is 2.36 bits per heavy atom. The third kappa shape index (κ3) is 1.83. The molecule has 0 aliphatic carbocycles. The highest BCUT2D eigenvalue weighted by Gasteiger charge is 2.25. The standard InChI is InChI=1S/C7H14N2O2/c1-5-4-9(7(10)11)3-2-6(5)8/h5-6H,2-4,8H2,1H3,(H,10,11)/t5-,6-/m0/s1. The number of likely N-dealkylation sites (tertiary alicyclic amines) is 1. The second-order valence-corrected chi connectivity index (χ2v) is 3.16. The molecular weight excluding hydrogens is 144 g/mol. The van der Waals surface area contributed by atoms with Gasteiger partial charge in [-0.05, 0) is 12.3 Å². The SMILES string of the molecule is C[C@H]1CN(C(=O)O)CC[C@@H]1N. The van der Waals surface area contributed by atoms with Crippen LogP contribution in [0.15, 0.2) is 0 Å². The van der Waals surface area contributed by atoms with Crippen molar-refractivity contribution in [2.24, 2.45) is 11.7 Å². The second-order valence-electron chi connectivity index (χ2n) is 3.16. The van der Waals surface area contributed by atoms with Gasteiger partial charge in [0, 0.05) is 19.1 Å². The van der Waals surface area contributed by atoms with E-state index in [2.05, 4.69) is 0 Å². The van der Waals surface area contributed by atoms with Crippen LogP contribution in [0, 0.1) is 5.92 Å². The maximum absolute atomic E-state index is 10.5. The summed E-state index contributed by atoms with van der Waals surface area (Å²) in [5, 5.41) is 8.63. The molecule has 0 radical (unpaired) electrons. The van der Waals surface area contributed by atoms with Crippen LogP contribution in [0.25, 0.3) is 0 Å². The van der Waals surface area contributed by atoms with Crippen LogP contribution in [-0.4, -0.2) is 35.2 Å². The van der Waals surface area contributed by atoms with Crippen LogP contribution < -0.4 is 5.73 Å². The Morgan fingerprint density at radius 1 is 1.73 bits per heavy atom. The van der Waals surface area contributed by atoms with Gasteiger partial charge in [0.1, 0.15) is 0 Å². The van der Waals surface area contributed by atoms with Gasteiger partial charge in [-0.25, -0.2) is 4.79 Å². The predicted octanol–water partition coefficient (Wildman–Crippen LogP) is 0.334. The van der Waals surface area contributed by atoms with Gasteiger partial charge in [0.05, 0.1) is 0 Å². The van der Waals surface area contributed by atoms with E-state index in [0.717, 1.165) is 6.42 Å². The zero-order chi connectivity index (χ0) is 8.43. The number of carboxylic acid groups (broad SMARTS) is 1. The molecule has 1 saturated heterocycles. The summed E-state index contributed by atoms with van der Waals surface area (Å²) in [6.07, 6.45) is -0.0447. The molecule has 0 saturated carbocycles. The van der Waals surface area contributed by atoms with Crippen molar-refractivity contribution >= 4 is 6.09 Å². The van der Waals surface area contributed by atoms with E-state index in [1.807, 2.05) is 6.92 Å². The topological polar surface area (TPSA) is 66.6 Å². The Bertz CT molecular complexity index is 161. The van der Waals surface area contributed by atoms with Gasteiger partial charge in [0.15, 0.2) is 0 Å². The zero-order valence-corrected chi connectivity index (χ0v) is 6.66. The molecule has 64 valence electrons. The van der Waals surface area contributed by atoms with Crippen molar-refractivity contribution in [1.29, 1.82) is 0 Å². The minimum Gasteiger partial charge on any atom is -0.465 e. The van der Waals surface area contributed by atoms with Crippen LogP contribution in [0.3, 0.4) is 0 Å². The van der Waals surface area contributed by atoms with Gasteiger partial charge in [0.25, 0.3) is 0 Å². The van der Waals surface area contributed by atoms with Crippen LogP contribution in [0.2, 0.25) is 0 Å². The maximum atomic E-state index is 10.5. The fourth-order valence-corrected chi connectivity index (χ4v) is 1.34. The number of hydrogen-bond acceptors (Lipinski definition) is 2. The quantitative estimate of drug-likeness (QED) is 0.534. The summed E-state index contributed by atoms with van der Waals surface area (Å²) in [7, 11) is 0. The number of rotatable bonds is 0. The number of amides is 1. The normalized spacial score (nSPS) is 32.0. The third-order valence-corrected chi connectivity index (χ3v) is 2.24.